The first-order valence-electron chi connectivity index (χ1n) is 8.91. The van der Waals surface area contributed by atoms with E-state index in [0.717, 1.165) is 42.2 Å². The maximum atomic E-state index is 12.7. The van der Waals surface area contributed by atoms with Crippen LogP contribution in [-0.4, -0.2) is 52.3 Å². The SMILES string of the molecule is CCc1cc(C(=O)N(C)C[C@H]2OCC[C@H]2c2n[nH]c(C)n2)oc1CC. The van der Waals surface area contributed by atoms with Crippen LogP contribution < -0.4 is 0 Å². The fourth-order valence-electron chi connectivity index (χ4n) is 3.36. The molecule has 0 saturated carbocycles. The third-order valence-corrected chi connectivity index (χ3v) is 4.77. The number of furan rings is 1. The van der Waals surface area contributed by atoms with Gasteiger partial charge >= 0.3 is 0 Å². The molecule has 0 spiro atoms. The van der Waals surface area contributed by atoms with Crippen LogP contribution in [0.3, 0.4) is 0 Å². The van der Waals surface area contributed by atoms with Gasteiger partial charge in [0.1, 0.15) is 11.6 Å². The second kappa shape index (κ2) is 7.39. The Hall–Kier alpha value is -2.15. The van der Waals surface area contributed by atoms with Crippen molar-refractivity contribution in [2.45, 2.75) is 52.1 Å². The van der Waals surface area contributed by atoms with E-state index in [-0.39, 0.29) is 17.9 Å². The lowest BCUT2D eigenvalue weighted by Gasteiger charge is -2.23. The molecule has 1 aliphatic heterocycles. The molecule has 0 aromatic carbocycles. The minimum atomic E-state index is -0.116. The second-order valence-electron chi connectivity index (χ2n) is 6.54. The quantitative estimate of drug-likeness (QED) is 0.868. The highest BCUT2D eigenvalue weighted by atomic mass is 16.5. The fraction of sp³-hybridized carbons (Fsp3) is 0.611. The van der Waals surface area contributed by atoms with Gasteiger partial charge in [0.05, 0.1) is 12.0 Å². The van der Waals surface area contributed by atoms with Gasteiger partial charge in [0.25, 0.3) is 5.91 Å². The number of hydrogen-bond donors (Lipinski definition) is 1. The molecule has 0 aliphatic carbocycles. The van der Waals surface area contributed by atoms with Crippen molar-refractivity contribution < 1.29 is 13.9 Å². The number of nitrogens with one attached hydrogen (secondary N) is 1. The summed E-state index contributed by atoms with van der Waals surface area (Å²) in [5.74, 6) is 2.84. The highest BCUT2D eigenvalue weighted by molar-refractivity contribution is 5.91. The predicted octanol–water partition coefficient (Wildman–Crippen LogP) is 2.48. The summed E-state index contributed by atoms with van der Waals surface area (Å²) in [6.45, 7) is 7.13. The Morgan fingerprint density at radius 1 is 1.40 bits per heavy atom. The minimum absolute atomic E-state index is 0.101. The number of H-pyrrole nitrogens is 1. The van der Waals surface area contributed by atoms with Crippen LogP contribution in [0.1, 0.15) is 59.7 Å². The Labute approximate surface area is 147 Å². The summed E-state index contributed by atoms with van der Waals surface area (Å²) in [5, 5.41) is 7.13. The predicted molar refractivity (Wildman–Crippen MR) is 92.6 cm³/mol. The molecule has 1 fully saturated rings. The lowest BCUT2D eigenvalue weighted by Crippen LogP contribution is -2.36. The van der Waals surface area contributed by atoms with Gasteiger partial charge < -0.3 is 14.1 Å². The first-order chi connectivity index (χ1) is 12.0. The Bertz CT molecular complexity index is 715. The molecule has 0 radical (unpaired) electrons. The average Bonchev–Trinajstić information content (AvgIpc) is 3.32. The van der Waals surface area contributed by atoms with Gasteiger partial charge in [-0.25, -0.2) is 4.98 Å². The van der Waals surface area contributed by atoms with E-state index < -0.39 is 0 Å². The second-order valence-corrected chi connectivity index (χ2v) is 6.54. The van der Waals surface area contributed by atoms with Crippen molar-refractivity contribution in [3.63, 3.8) is 0 Å². The molecule has 7 nitrogen and oxygen atoms in total. The van der Waals surface area contributed by atoms with E-state index in [9.17, 15) is 4.79 Å². The van der Waals surface area contributed by atoms with Crippen molar-refractivity contribution >= 4 is 5.91 Å². The zero-order valence-electron chi connectivity index (χ0n) is 15.3. The number of carbonyl (C=O) groups is 1. The summed E-state index contributed by atoms with van der Waals surface area (Å²) >= 11 is 0. The van der Waals surface area contributed by atoms with Crippen LogP contribution in [0.25, 0.3) is 0 Å². The van der Waals surface area contributed by atoms with E-state index in [1.54, 1.807) is 11.9 Å². The number of carbonyl (C=O) groups excluding carboxylic acids is 1. The first kappa shape index (κ1) is 17.7. The first-order valence-corrected chi connectivity index (χ1v) is 8.91. The Morgan fingerprint density at radius 3 is 2.80 bits per heavy atom. The monoisotopic (exact) mass is 346 g/mol. The number of hydrogen-bond acceptors (Lipinski definition) is 5. The largest absolute Gasteiger partial charge is 0.456 e. The smallest absolute Gasteiger partial charge is 0.289 e. The van der Waals surface area contributed by atoms with Gasteiger partial charge in [0, 0.05) is 26.6 Å². The summed E-state index contributed by atoms with van der Waals surface area (Å²) < 4.78 is 11.6. The zero-order chi connectivity index (χ0) is 18.0. The Balaban J connectivity index is 1.69. The van der Waals surface area contributed by atoms with Crippen molar-refractivity contribution in [2.24, 2.45) is 0 Å². The number of likely N-dealkylation sites (N-methyl/N-ethyl adjacent to an activating group) is 1. The Morgan fingerprint density at radius 2 is 2.20 bits per heavy atom. The highest BCUT2D eigenvalue weighted by Gasteiger charge is 2.34. The van der Waals surface area contributed by atoms with Gasteiger partial charge in [-0.2, -0.15) is 5.10 Å². The molecule has 2 atom stereocenters. The topological polar surface area (TPSA) is 84.3 Å². The van der Waals surface area contributed by atoms with Crippen molar-refractivity contribution in [1.82, 2.24) is 20.1 Å². The molecule has 3 rings (SSSR count). The molecule has 1 aliphatic rings. The van der Waals surface area contributed by atoms with Gasteiger partial charge in [-0.1, -0.05) is 13.8 Å². The van der Waals surface area contributed by atoms with Gasteiger partial charge in [0.15, 0.2) is 11.6 Å². The average molecular weight is 346 g/mol. The van der Waals surface area contributed by atoms with E-state index in [1.807, 2.05) is 19.9 Å². The van der Waals surface area contributed by atoms with Crippen LogP contribution in [0, 0.1) is 6.92 Å². The maximum absolute atomic E-state index is 12.7. The molecular formula is C18H26N4O3. The maximum Gasteiger partial charge on any atom is 0.289 e. The van der Waals surface area contributed by atoms with E-state index in [2.05, 4.69) is 22.1 Å². The molecule has 0 unspecified atom stereocenters. The standard InChI is InChI=1S/C18H26N4O3/c1-5-12-9-15(25-14(12)6-2)18(23)22(4)10-16-13(7-8-24-16)17-19-11(3)20-21-17/h9,13,16H,5-8,10H2,1-4H3,(H,19,20,21)/t13-,16-/m1/s1. The molecular weight excluding hydrogens is 320 g/mol. The third kappa shape index (κ3) is 3.61. The minimum Gasteiger partial charge on any atom is -0.456 e. The van der Waals surface area contributed by atoms with Crippen LogP contribution in [0.2, 0.25) is 0 Å². The number of nitrogens with zero attached hydrogens (tertiary/aromatic N) is 3. The van der Waals surface area contributed by atoms with Crippen LogP contribution in [-0.2, 0) is 17.6 Å². The van der Waals surface area contributed by atoms with E-state index in [1.165, 1.54) is 0 Å². The molecule has 1 amide bonds. The zero-order valence-corrected chi connectivity index (χ0v) is 15.3. The number of aromatic nitrogens is 3. The molecule has 2 aromatic rings. The van der Waals surface area contributed by atoms with Crippen LogP contribution in [0.5, 0.6) is 0 Å². The van der Waals surface area contributed by atoms with Crippen LogP contribution in [0.4, 0.5) is 0 Å². The van der Waals surface area contributed by atoms with Crippen molar-refractivity contribution in [1.29, 1.82) is 0 Å². The van der Waals surface area contributed by atoms with Crippen molar-refractivity contribution in [3.05, 3.63) is 34.8 Å². The molecule has 2 aromatic heterocycles. The highest BCUT2D eigenvalue weighted by Crippen LogP contribution is 2.30. The third-order valence-electron chi connectivity index (χ3n) is 4.77. The lowest BCUT2D eigenvalue weighted by atomic mass is 10.0. The summed E-state index contributed by atoms with van der Waals surface area (Å²) in [7, 11) is 1.78. The molecule has 0 bridgehead atoms. The molecule has 1 saturated heterocycles. The van der Waals surface area contributed by atoms with Gasteiger partial charge in [-0.05, 0) is 31.4 Å². The Kier molecular flexibility index (Phi) is 5.22. The van der Waals surface area contributed by atoms with Gasteiger partial charge in [0.2, 0.25) is 0 Å². The summed E-state index contributed by atoms with van der Waals surface area (Å²) in [4.78, 5) is 18.8. The molecule has 136 valence electrons. The molecule has 25 heavy (non-hydrogen) atoms. The molecule has 3 heterocycles. The number of ether oxygens (including phenoxy) is 1. The summed E-state index contributed by atoms with van der Waals surface area (Å²) in [5.41, 5.74) is 1.10. The summed E-state index contributed by atoms with van der Waals surface area (Å²) in [6.07, 6.45) is 2.42. The van der Waals surface area contributed by atoms with E-state index >= 15 is 0 Å². The van der Waals surface area contributed by atoms with Crippen LogP contribution in [0.15, 0.2) is 10.5 Å². The van der Waals surface area contributed by atoms with Gasteiger partial charge in [-0.15, -0.1) is 0 Å². The van der Waals surface area contributed by atoms with E-state index in [0.29, 0.717) is 18.9 Å². The van der Waals surface area contributed by atoms with Crippen LogP contribution >= 0.6 is 0 Å². The van der Waals surface area contributed by atoms with Crippen molar-refractivity contribution in [2.75, 3.05) is 20.2 Å². The number of rotatable bonds is 6. The summed E-state index contributed by atoms with van der Waals surface area (Å²) in [6, 6.07) is 1.86. The number of amides is 1. The fourth-order valence-corrected chi connectivity index (χ4v) is 3.36. The number of aromatic amines is 1. The van der Waals surface area contributed by atoms with Gasteiger partial charge in [-0.3, -0.25) is 9.89 Å². The number of aryl methyl sites for hydroxylation is 3. The molecule has 1 N–H and O–H groups in total. The van der Waals surface area contributed by atoms with Crippen molar-refractivity contribution in [3.8, 4) is 0 Å². The lowest BCUT2D eigenvalue weighted by molar-refractivity contribution is 0.0527. The molecule has 7 heteroatoms. The normalized spacial score (nSPS) is 20.2. The van der Waals surface area contributed by atoms with E-state index in [4.69, 9.17) is 9.15 Å².